The fraction of sp³-hybridized carbons (Fsp3) is 0.214. The number of carbonyl (C=O) groups is 1. The lowest BCUT2D eigenvalue weighted by Crippen LogP contribution is -2.30. The van der Waals surface area contributed by atoms with Gasteiger partial charge in [-0.25, -0.2) is 4.79 Å². The van der Waals surface area contributed by atoms with Gasteiger partial charge in [-0.2, -0.15) is 0 Å². The molecule has 0 atom stereocenters. The van der Waals surface area contributed by atoms with E-state index in [0.717, 1.165) is 0 Å². The SMILES string of the molecule is COc1ccc(C(C)=O)cc1Cn1cc(Cl)c(=O)[nH]c1=O. The van der Waals surface area contributed by atoms with Gasteiger partial charge in [0.05, 0.1) is 13.7 Å². The summed E-state index contributed by atoms with van der Waals surface area (Å²) in [6.07, 6.45) is 1.25. The van der Waals surface area contributed by atoms with Gasteiger partial charge in [-0.05, 0) is 25.1 Å². The number of H-pyrrole nitrogens is 1. The predicted octanol–water partition coefficient (Wildman–Crippen LogP) is 1.45. The van der Waals surface area contributed by atoms with Crippen LogP contribution in [0.15, 0.2) is 34.0 Å². The van der Waals surface area contributed by atoms with Crippen LogP contribution in [0.3, 0.4) is 0 Å². The summed E-state index contributed by atoms with van der Waals surface area (Å²) in [6, 6.07) is 4.95. The molecule has 0 fully saturated rings. The summed E-state index contributed by atoms with van der Waals surface area (Å²) in [5.41, 5.74) is -0.0770. The summed E-state index contributed by atoms with van der Waals surface area (Å²) in [4.78, 5) is 36.5. The van der Waals surface area contributed by atoms with Crippen molar-refractivity contribution in [3.63, 3.8) is 0 Å². The van der Waals surface area contributed by atoms with Crippen LogP contribution in [0.1, 0.15) is 22.8 Å². The molecule has 7 heteroatoms. The Morgan fingerprint density at radius 2 is 2.10 bits per heavy atom. The lowest BCUT2D eigenvalue weighted by molar-refractivity contribution is 0.101. The number of ketones is 1. The van der Waals surface area contributed by atoms with Crippen molar-refractivity contribution in [1.82, 2.24) is 9.55 Å². The number of aromatic amines is 1. The third-order valence-corrected chi connectivity index (χ3v) is 3.26. The Kier molecular flexibility index (Phi) is 4.28. The Morgan fingerprint density at radius 1 is 1.38 bits per heavy atom. The lowest BCUT2D eigenvalue weighted by Gasteiger charge is -2.11. The molecule has 0 aliphatic heterocycles. The van der Waals surface area contributed by atoms with Gasteiger partial charge >= 0.3 is 5.69 Å². The first-order valence-corrected chi connectivity index (χ1v) is 6.47. The number of benzene rings is 1. The molecule has 110 valence electrons. The maximum Gasteiger partial charge on any atom is 0.328 e. The van der Waals surface area contributed by atoms with Crippen LogP contribution in [0.2, 0.25) is 5.02 Å². The van der Waals surface area contributed by atoms with Gasteiger partial charge < -0.3 is 4.74 Å². The Labute approximate surface area is 124 Å². The number of halogens is 1. The molecule has 21 heavy (non-hydrogen) atoms. The number of hydrogen-bond donors (Lipinski definition) is 1. The molecule has 1 aromatic heterocycles. The van der Waals surface area contributed by atoms with Gasteiger partial charge in [0.1, 0.15) is 10.8 Å². The molecule has 0 spiro atoms. The van der Waals surface area contributed by atoms with E-state index in [-0.39, 0.29) is 17.4 Å². The highest BCUT2D eigenvalue weighted by Gasteiger charge is 2.10. The van der Waals surface area contributed by atoms with Gasteiger partial charge in [-0.1, -0.05) is 11.6 Å². The van der Waals surface area contributed by atoms with Crippen LogP contribution in [0.25, 0.3) is 0 Å². The smallest absolute Gasteiger partial charge is 0.328 e. The van der Waals surface area contributed by atoms with Crippen LogP contribution >= 0.6 is 11.6 Å². The Bertz CT molecular complexity index is 807. The molecule has 1 N–H and O–H groups in total. The van der Waals surface area contributed by atoms with Gasteiger partial charge in [0.15, 0.2) is 5.78 Å². The van der Waals surface area contributed by atoms with Gasteiger partial charge in [-0.3, -0.25) is 19.1 Å². The van der Waals surface area contributed by atoms with Gasteiger partial charge in [0.25, 0.3) is 5.56 Å². The van der Waals surface area contributed by atoms with Crippen molar-refractivity contribution in [3.8, 4) is 5.75 Å². The third-order valence-electron chi connectivity index (χ3n) is 3.00. The van der Waals surface area contributed by atoms with Crippen molar-refractivity contribution in [2.45, 2.75) is 13.5 Å². The van der Waals surface area contributed by atoms with E-state index in [1.54, 1.807) is 18.2 Å². The highest BCUT2D eigenvalue weighted by atomic mass is 35.5. The Morgan fingerprint density at radius 3 is 2.71 bits per heavy atom. The first-order valence-electron chi connectivity index (χ1n) is 6.09. The van der Waals surface area contributed by atoms with Crippen molar-refractivity contribution in [1.29, 1.82) is 0 Å². The van der Waals surface area contributed by atoms with Crippen molar-refractivity contribution in [2.24, 2.45) is 0 Å². The maximum atomic E-state index is 11.8. The Hall–Kier alpha value is -2.34. The van der Waals surface area contributed by atoms with Crippen molar-refractivity contribution in [3.05, 3.63) is 61.4 Å². The van der Waals surface area contributed by atoms with E-state index in [1.165, 1.54) is 24.8 Å². The number of hydrogen-bond acceptors (Lipinski definition) is 4. The number of carbonyl (C=O) groups excluding carboxylic acids is 1. The van der Waals surface area contributed by atoms with Crippen LogP contribution in [-0.2, 0) is 6.54 Å². The van der Waals surface area contributed by atoms with Crippen LogP contribution in [0.4, 0.5) is 0 Å². The molecular formula is C14H13ClN2O4. The molecule has 0 saturated carbocycles. The number of ether oxygens (including phenoxy) is 1. The van der Waals surface area contributed by atoms with E-state index in [9.17, 15) is 14.4 Å². The summed E-state index contributed by atoms with van der Waals surface area (Å²) in [5, 5.41) is -0.0868. The van der Waals surface area contributed by atoms with E-state index >= 15 is 0 Å². The first kappa shape index (κ1) is 15.1. The van der Waals surface area contributed by atoms with Gasteiger partial charge in [-0.15, -0.1) is 0 Å². The normalized spacial score (nSPS) is 10.4. The monoisotopic (exact) mass is 308 g/mol. The standard InChI is InChI=1S/C14H13ClN2O4/c1-8(18)9-3-4-12(21-2)10(5-9)6-17-7-11(15)13(19)16-14(17)20/h3-5,7H,6H2,1-2H3,(H,16,19,20). The second-order valence-corrected chi connectivity index (χ2v) is 4.85. The summed E-state index contributed by atoms with van der Waals surface area (Å²) in [6.45, 7) is 1.58. The summed E-state index contributed by atoms with van der Waals surface area (Å²) in [7, 11) is 1.49. The van der Waals surface area contributed by atoms with Crippen molar-refractivity contribution >= 4 is 17.4 Å². The van der Waals surface area contributed by atoms with E-state index in [2.05, 4.69) is 4.98 Å². The summed E-state index contributed by atoms with van der Waals surface area (Å²) < 4.78 is 6.46. The number of nitrogens with one attached hydrogen (secondary N) is 1. The van der Waals surface area contributed by atoms with E-state index in [0.29, 0.717) is 16.9 Å². The van der Waals surface area contributed by atoms with E-state index in [1.807, 2.05) is 0 Å². The van der Waals surface area contributed by atoms with E-state index < -0.39 is 11.2 Å². The lowest BCUT2D eigenvalue weighted by atomic mass is 10.1. The highest BCUT2D eigenvalue weighted by molar-refractivity contribution is 6.30. The molecule has 0 unspecified atom stereocenters. The average Bonchev–Trinajstić information content (AvgIpc) is 2.44. The maximum absolute atomic E-state index is 11.8. The molecule has 2 aromatic rings. The highest BCUT2D eigenvalue weighted by Crippen LogP contribution is 2.21. The molecule has 1 aromatic carbocycles. The minimum absolute atomic E-state index is 0.0868. The third kappa shape index (κ3) is 3.22. The first-order chi connectivity index (χ1) is 9.92. The molecule has 6 nitrogen and oxygen atoms in total. The zero-order valence-corrected chi connectivity index (χ0v) is 12.2. The number of Topliss-reactive ketones (excluding diaryl/α,β-unsaturated/α-hetero) is 1. The predicted molar refractivity (Wildman–Crippen MR) is 78.4 cm³/mol. The summed E-state index contributed by atoms with van der Waals surface area (Å²) >= 11 is 5.72. The molecular weight excluding hydrogens is 296 g/mol. The number of nitrogens with zero attached hydrogens (tertiary/aromatic N) is 1. The molecule has 2 rings (SSSR count). The van der Waals surface area contributed by atoms with Crippen molar-refractivity contribution in [2.75, 3.05) is 7.11 Å². The topological polar surface area (TPSA) is 81.2 Å². The van der Waals surface area contributed by atoms with Gasteiger partial charge in [0, 0.05) is 17.3 Å². The number of rotatable bonds is 4. The van der Waals surface area contributed by atoms with Crippen molar-refractivity contribution < 1.29 is 9.53 Å². The molecule has 0 amide bonds. The van der Waals surface area contributed by atoms with Crippen LogP contribution in [-0.4, -0.2) is 22.4 Å². The minimum atomic E-state index is -0.637. The number of methoxy groups -OCH3 is 1. The summed E-state index contributed by atoms with van der Waals surface area (Å²) in [5.74, 6) is 0.444. The second-order valence-electron chi connectivity index (χ2n) is 4.45. The molecule has 1 heterocycles. The zero-order chi connectivity index (χ0) is 15.6. The molecule has 0 aliphatic carbocycles. The minimum Gasteiger partial charge on any atom is -0.496 e. The van der Waals surface area contributed by atoms with Crippen LogP contribution < -0.4 is 16.0 Å². The quantitative estimate of drug-likeness (QED) is 0.867. The van der Waals surface area contributed by atoms with Gasteiger partial charge in [0.2, 0.25) is 0 Å². The zero-order valence-electron chi connectivity index (χ0n) is 11.5. The largest absolute Gasteiger partial charge is 0.496 e. The molecule has 0 bridgehead atoms. The van der Waals surface area contributed by atoms with Crippen LogP contribution in [0, 0.1) is 0 Å². The fourth-order valence-electron chi connectivity index (χ4n) is 1.90. The van der Waals surface area contributed by atoms with Crippen LogP contribution in [0.5, 0.6) is 5.75 Å². The number of aromatic nitrogens is 2. The molecule has 0 aliphatic rings. The second kappa shape index (κ2) is 5.97. The molecule has 0 radical (unpaired) electrons. The average molecular weight is 309 g/mol. The Balaban J connectivity index is 2.50. The van der Waals surface area contributed by atoms with E-state index in [4.69, 9.17) is 16.3 Å². The fourth-order valence-corrected chi connectivity index (χ4v) is 2.07. The molecule has 0 saturated heterocycles.